The van der Waals surface area contributed by atoms with E-state index < -0.39 is 5.97 Å². The molecule has 0 spiro atoms. The van der Waals surface area contributed by atoms with Crippen molar-refractivity contribution in [2.24, 2.45) is 5.92 Å². The third-order valence-electron chi connectivity index (χ3n) is 4.21. The number of carboxylic acids is 1. The molecule has 2 atom stereocenters. The Morgan fingerprint density at radius 2 is 2.20 bits per heavy atom. The number of carbonyl (C=O) groups excluding carboxylic acids is 1. The zero-order valence-corrected chi connectivity index (χ0v) is 11.9. The van der Waals surface area contributed by atoms with Crippen LogP contribution in [-0.4, -0.2) is 60.6 Å². The SMILES string of the molecule is O=C(O)CNCC1CCCN(C2CCCCNC2=O)C1. The first-order valence-electron chi connectivity index (χ1n) is 7.61. The summed E-state index contributed by atoms with van der Waals surface area (Å²) in [6.07, 6.45) is 5.31. The van der Waals surface area contributed by atoms with Crippen LogP contribution in [-0.2, 0) is 9.59 Å². The molecule has 1 amide bonds. The molecule has 2 fully saturated rings. The van der Waals surface area contributed by atoms with E-state index in [-0.39, 0.29) is 18.5 Å². The van der Waals surface area contributed by atoms with Crippen molar-refractivity contribution >= 4 is 11.9 Å². The summed E-state index contributed by atoms with van der Waals surface area (Å²) in [5.41, 5.74) is 0. The fourth-order valence-electron chi connectivity index (χ4n) is 3.20. The van der Waals surface area contributed by atoms with Crippen molar-refractivity contribution in [1.29, 1.82) is 0 Å². The summed E-state index contributed by atoms with van der Waals surface area (Å²) in [6.45, 7) is 3.41. The largest absolute Gasteiger partial charge is 0.480 e. The molecule has 0 aliphatic carbocycles. The minimum atomic E-state index is -0.819. The van der Waals surface area contributed by atoms with E-state index in [0.717, 1.165) is 58.3 Å². The molecular formula is C14H25N3O3. The molecule has 0 bridgehead atoms. The number of hydrogen-bond donors (Lipinski definition) is 3. The highest BCUT2D eigenvalue weighted by Gasteiger charge is 2.30. The van der Waals surface area contributed by atoms with Crippen LogP contribution in [0.2, 0.25) is 0 Å². The van der Waals surface area contributed by atoms with E-state index in [4.69, 9.17) is 5.11 Å². The van der Waals surface area contributed by atoms with Gasteiger partial charge in [0.15, 0.2) is 0 Å². The van der Waals surface area contributed by atoms with E-state index in [9.17, 15) is 9.59 Å². The summed E-state index contributed by atoms with van der Waals surface area (Å²) < 4.78 is 0. The van der Waals surface area contributed by atoms with Crippen LogP contribution >= 0.6 is 0 Å². The molecule has 2 heterocycles. The summed E-state index contributed by atoms with van der Waals surface area (Å²) in [7, 11) is 0. The van der Waals surface area contributed by atoms with Gasteiger partial charge in [-0.05, 0) is 51.1 Å². The number of nitrogens with one attached hydrogen (secondary N) is 2. The van der Waals surface area contributed by atoms with Gasteiger partial charge in [0.1, 0.15) is 0 Å². The number of nitrogens with zero attached hydrogens (tertiary/aromatic N) is 1. The normalized spacial score (nSPS) is 28.7. The van der Waals surface area contributed by atoms with Crippen molar-refractivity contribution in [2.75, 3.05) is 32.7 Å². The van der Waals surface area contributed by atoms with Gasteiger partial charge < -0.3 is 15.7 Å². The van der Waals surface area contributed by atoms with Crippen molar-refractivity contribution < 1.29 is 14.7 Å². The van der Waals surface area contributed by atoms with Gasteiger partial charge in [-0.3, -0.25) is 14.5 Å². The highest BCUT2D eigenvalue weighted by molar-refractivity contribution is 5.81. The third-order valence-corrected chi connectivity index (χ3v) is 4.21. The monoisotopic (exact) mass is 283 g/mol. The number of carboxylic acid groups (broad SMARTS) is 1. The van der Waals surface area contributed by atoms with Crippen molar-refractivity contribution in [3.8, 4) is 0 Å². The molecule has 0 radical (unpaired) electrons. The van der Waals surface area contributed by atoms with Crippen molar-refractivity contribution in [2.45, 2.75) is 38.1 Å². The van der Waals surface area contributed by atoms with Gasteiger partial charge in [0.2, 0.25) is 5.91 Å². The van der Waals surface area contributed by atoms with Crippen LogP contribution in [0.15, 0.2) is 0 Å². The second kappa shape index (κ2) is 7.59. The molecule has 0 saturated carbocycles. The molecule has 0 aromatic heterocycles. The van der Waals surface area contributed by atoms with E-state index >= 15 is 0 Å². The quantitative estimate of drug-likeness (QED) is 0.664. The molecule has 0 aromatic rings. The minimum absolute atomic E-state index is 0.0137. The van der Waals surface area contributed by atoms with Crippen LogP contribution in [0.5, 0.6) is 0 Å². The number of piperidine rings is 1. The van der Waals surface area contributed by atoms with Crippen LogP contribution in [0.4, 0.5) is 0 Å². The van der Waals surface area contributed by atoms with E-state index in [1.54, 1.807) is 0 Å². The van der Waals surface area contributed by atoms with Crippen LogP contribution in [0.25, 0.3) is 0 Å². The molecule has 114 valence electrons. The molecule has 2 aliphatic heterocycles. The predicted octanol–water partition coefficient (Wildman–Crippen LogP) is 0.0413. The first-order valence-corrected chi connectivity index (χ1v) is 7.61. The fraction of sp³-hybridized carbons (Fsp3) is 0.857. The summed E-state index contributed by atoms with van der Waals surface area (Å²) in [6, 6.07) is 0.0137. The summed E-state index contributed by atoms with van der Waals surface area (Å²) in [4.78, 5) is 24.9. The minimum Gasteiger partial charge on any atom is -0.480 e. The van der Waals surface area contributed by atoms with Crippen molar-refractivity contribution in [3.63, 3.8) is 0 Å². The molecule has 20 heavy (non-hydrogen) atoms. The summed E-state index contributed by atoms with van der Waals surface area (Å²) in [5.74, 6) is -0.207. The molecule has 2 aliphatic rings. The van der Waals surface area contributed by atoms with Gasteiger partial charge in [-0.2, -0.15) is 0 Å². The molecule has 6 nitrogen and oxygen atoms in total. The lowest BCUT2D eigenvalue weighted by atomic mass is 9.95. The van der Waals surface area contributed by atoms with Crippen molar-refractivity contribution in [1.82, 2.24) is 15.5 Å². The Morgan fingerprint density at radius 1 is 1.35 bits per heavy atom. The maximum Gasteiger partial charge on any atom is 0.317 e. The lowest BCUT2D eigenvalue weighted by Crippen LogP contribution is -2.51. The molecular weight excluding hydrogens is 258 g/mol. The topological polar surface area (TPSA) is 81.7 Å². The zero-order valence-electron chi connectivity index (χ0n) is 11.9. The molecule has 3 N–H and O–H groups in total. The highest BCUT2D eigenvalue weighted by atomic mass is 16.4. The predicted molar refractivity (Wildman–Crippen MR) is 75.5 cm³/mol. The van der Waals surface area contributed by atoms with Gasteiger partial charge in [-0.25, -0.2) is 0 Å². The average Bonchev–Trinajstić information content (AvgIpc) is 2.63. The molecule has 0 aromatic carbocycles. The van der Waals surface area contributed by atoms with Gasteiger partial charge in [-0.15, -0.1) is 0 Å². The molecule has 2 saturated heterocycles. The lowest BCUT2D eigenvalue weighted by Gasteiger charge is -2.37. The number of likely N-dealkylation sites (tertiary alicyclic amines) is 1. The van der Waals surface area contributed by atoms with Crippen LogP contribution in [0, 0.1) is 5.92 Å². The van der Waals surface area contributed by atoms with Gasteiger partial charge in [0.25, 0.3) is 0 Å². The van der Waals surface area contributed by atoms with Gasteiger partial charge >= 0.3 is 5.97 Å². The maximum absolute atomic E-state index is 12.1. The Morgan fingerprint density at radius 3 is 3.00 bits per heavy atom. The Bertz CT molecular complexity index is 349. The summed E-state index contributed by atoms with van der Waals surface area (Å²) in [5, 5.41) is 14.6. The number of aliphatic carboxylic acids is 1. The van der Waals surface area contributed by atoms with E-state index in [0.29, 0.717) is 5.92 Å². The standard InChI is InChI=1S/C14H25N3O3/c18-13(19)9-15-8-11-4-3-7-17(10-11)12-5-1-2-6-16-14(12)20/h11-12,15H,1-10H2,(H,16,20)(H,18,19). The maximum atomic E-state index is 12.1. The van der Waals surface area contributed by atoms with Gasteiger partial charge in [0, 0.05) is 13.1 Å². The van der Waals surface area contributed by atoms with Gasteiger partial charge in [0.05, 0.1) is 12.6 Å². The number of carbonyl (C=O) groups is 2. The van der Waals surface area contributed by atoms with E-state index in [1.165, 1.54) is 0 Å². The van der Waals surface area contributed by atoms with Gasteiger partial charge in [-0.1, -0.05) is 0 Å². The Kier molecular flexibility index (Phi) is 5.79. The average molecular weight is 283 g/mol. The Hall–Kier alpha value is -1.14. The first kappa shape index (κ1) is 15.3. The number of rotatable bonds is 5. The van der Waals surface area contributed by atoms with Crippen LogP contribution < -0.4 is 10.6 Å². The van der Waals surface area contributed by atoms with E-state index in [2.05, 4.69) is 15.5 Å². The number of hydrogen-bond acceptors (Lipinski definition) is 4. The van der Waals surface area contributed by atoms with Crippen molar-refractivity contribution in [3.05, 3.63) is 0 Å². The lowest BCUT2D eigenvalue weighted by molar-refractivity contribution is -0.136. The summed E-state index contributed by atoms with van der Waals surface area (Å²) >= 11 is 0. The van der Waals surface area contributed by atoms with Crippen LogP contribution in [0.1, 0.15) is 32.1 Å². The second-order valence-corrected chi connectivity index (χ2v) is 5.83. The molecule has 2 unspecified atom stereocenters. The Balaban J connectivity index is 1.82. The highest BCUT2D eigenvalue weighted by Crippen LogP contribution is 2.21. The second-order valence-electron chi connectivity index (χ2n) is 5.83. The third kappa shape index (κ3) is 4.45. The van der Waals surface area contributed by atoms with Crippen LogP contribution in [0.3, 0.4) is 0 Å². The zero-order chi connectivity index (χ0) is 14.4. The molecule has 6 heteroatoms. The fourth-order valence-corrected chi connectivity index (χ4v) is 3.20. The number of amides is 1. The Labute approximate surface area is 119 Å². The molecule has 2 rings (SSSR count). The smallest absolute Gasteiger partial charge is 0.317 e. The van der Waals surface area contributed by atoms with E-state index in [1.807, 2.05) is 0 Å². The first-order chi connectivity index (χ1) is 9.66.